The number of alkyl carbamates (subject to hydrolysis) is 1. The lowest BCUT2D eigenvalue weighted by Gasteiger charge is -2.29. The van der Waals surface area contributed by atoms with Crippen molar-refractivity contribution in [1.29, 1.82) is 0 Å². The SMILES string of the molecule is CC(C)(C)OC(=O)NCC1CCC(C(=O)NC(Cc2ccc(Br)cc2)C(=O)Nc2ccc3c(Cl)n[nH]c3c2)CC1. The van der Waals surface area contributed by atoms with Crippen LogP contribution in [0.4, 0.5) is 10.5 Å². The topological polar surface area (TPSA) is 125 Å². The number of anilines is 1. The Balaban J connectivity index is 1.36. The highest BCUT2D eigenvalue weighted by molar-refractivity contribution is 9.10. The fourth-order valence-electron chi connectivity index (χ4n) is 4.82. The van der Waals surface area contributed by atoms with Crippen molar-refractivity contribution in [3.05, 3.63) is 57.7 Å². The zero-order chi connectivity index (χ0) is 28.9. The van der Waals surface area contributed by atoms with Gasteiger partial charge in [0.15, 0.2) is 5.15 Å². The molecule has 40 heavy (non-hydrogen) atoms. The molecular weight excluding hydrogens is 598 g/mol. The summed E-state index contributed by atoms with van der Waals surface area (Å²) in [6, 6.07) is 12.2. The molecule has 1 unspecified atom stereocenters. The van der Waals surface area contributed by atoms with Crippen molar-refractivity contribution >= 4 is 62.0 Å². The van der Waals surface area contributed by atoms with E-state index in [1.807, 2.05) is 45.0 Å². The lowest BCUT2D eigenvalue weighted by atomic mass is 9.81. The van der Waals surface area contributed by atoms with Crippen LogP contribution in [0.25, 0.3) is 10.9 Å². The quantitative estimate of drug-likeness (QED) is 0.243. The minimum absolute atomic E-state index is 0.133. The summed E-state index contributed by atoms with van der Waals surface area (Å²) in [7, 11) is 0. The predicted octanol–water partition coefficient (Wildman–Crippen LogP) is 5.98. The number of aromatic nitrogens is 2. The Hall–Kier alpha value is -3.11. The highest BCUT2D eigenvalue weighted by atomic mass is 79.9. The fraction of sp³-hybridized carbons (Fsp3) is 0.448. The number of rotatable bonds is 8. The van der Waals surface area contributed by atoms with Crippen molar-refractivity contribution in [3.8, 4) is 0 Å². The molecule has 3 amide bonds. The van der Waals surface area contributed by atoms with E-state index in [-0.39, 0.29) is 23.7 Å². The monoisotopic (exact) mass is 631 g/mol. The van der Waals surface area contributed by atoms with Gasteiger partial charge >= 0.3 is 6.09 Å². The third-order valence-corrected chi connectivity index (χ3v) is 7.74. The van der Waals surface area contributed by atoms with Crippen molar-refractivity contribution in [2.45, 2.75) is 64.5 Å². The van der Waals surface area contributed by atoms with Crippen LogP contribution in [0.2, 0.25) is 5.15 Å². The zero-order valence-corrected chi connectivity index (χ0v) is 25.2. The zero-order valence-electron chi connectivity index (χ0n) is 22.9. The fourth-order valence-corrected chi connectivity index (χ4v) is 5.29. The normalized spacial score (nSPS) is 18.1. The van der Waals surface area contributed by atoms with Gasteiger partial charge < -0.3 is 20.7 Å². The van der Waals surface area contributed by atoms with Crippen LogP contribution in [0.1, 0.15) is 52.0 Å². The van der Waals surface area contributed by atoms with Gasteiger partial charge in [-0.1, -0.05) is 39.7 Å². The summed E-state index contributed by atoms with van der Waals surface area (Å²) >= 11 is 9.51. The first-order chi connectivity index (χ1) is 19.0. The molecule has 214 valence electrons. The van der Waals surface area contributed by atoms with Gasteiger partial charge in [0.25, 0.3) is 0 Å². The van der Waals surface area contributed by atoms with Gasteiger partial charge in [-0.3, -0.25) is 14.7 Å². The minimum atomic E-state index is -0.763. The Morgan fingerprint density at radius 2 is 1.80 bits per heavy atom. The number of ether oxygens (including phenoxy) is 1. The summed E-state index contributed by atoms with van der Waals surface area (Å²) in [5.41, 5.74) is 1.66. The highest BCUT2D eigenvalue weighted by Gasteiger charge is 2.30. The molecule has 3 aromatic rings. The molecule has 1 heterocycles. The molecule has 1 aromatic heterocycles. The number of carbonyl (C=O) groups is 3. The molecule has 0 aliphatic heterocycles. The Morgan fingerprint density at radius 1 is 1.10 bits per heavy atom. The number of carbonyl (C=O) groups excluding carboxylic acids is 3. The van der Waals surface area contributed by atoms with Crippen LogP contribution in [0.15, 0.2) is 46.9 Å². The lowest BCUT2D eigenvalue weighted by molar-refractivity contribution is -0.130. The van der Waals surface area contributed by atoms with Crippen molar-refractivity contribution in [1.82, 2.24) is 20.8 Å². The second-order valence-corrected chi connectivity index (χ2v) is 12.5. The molecule has 1 fully saturated rings. The van der Waals surface area contributed by atoms with Gasteiger partial charge in [-0.05, 0) is 88.3 Å². The minimum Gasteiger partial charge on any atom is -0.444 e. The summed E-state index contributed by atoms with van der Waals surface area (Å²) in [5, 5.41) is 16.7. The number of aromatic amines is 1. The average Bonchev–Trinajstić information content (AvgIpc) is 3.27. The largest absolute Gasteiger partial charge is 0.444 e. The average molecular weight is 633 g/mol. The van der Waals surface area contributed by atoms with Gasteiger partial charge in [0.2, 0.25) is 11.8 Å². The first-order valence-corrected chi connectivity index (χ1v) is 14.6. The summed E-state index contributed by atoms with van der Waals surface area (Å²) in [5.74, 6) is -0.353. The van der Waals surface area contributed by atoms with Gasteiger partial charge in [-0.15, -0.1) is 0 Å². The van der Waals surface area contributed by atoms with Crippen LogP contribution >= 0.6 is 27.5 Å². The predicted molar refractivity (Wildman–Crippen MR) is 159 cm³/mol. The van der Waals surface area contributed by atoms with Crippen LogP contribution in [0.5, 0.6) is 0 Å². The van der Waals surface area contributed by atoms with E-state index in [4.69, 9.17) is 16.3 Å². The van der Waals surface area contributed by atoms with Crippen LogP contribution in [-0.2, 0) is 20.7 Å². The Bertz CT molecular complexity index is 1350. The van der Waals surface area contributed by atoms with E-state index in [1.165, 1.54) is 0 Å². The Labute approximate surface area is 247 Å². The van der Waals surface area contributed by atoms with Gasteiger partial charge in [0, 0.05) is 34.4 Å². The molecule has 1 atom stereocenters. The number of nitrogens with one attached hydrogen (secondary N) is 4. The maximum atomic E-state index is 13.4. The lowest BCUT2D eigenvalue weighted by Crippen LogP contribution is -2.48. The molecule has 0 bridgehead atoms. The highest BCUT2D eigenvalue weighted by Crippen LogP contribution is 2.29. The first-order valence-electron chi connectivity index (χ1n) is 13.4. The molecule has 0 spiro atoms. The molecule has 1 saturated carbocycles. The summed E-state index contributed by atoms with van der Waals surface area (Å²) in [6.07, 6.45) is 2.92. The second-order valence-electron chi connectivity index (χ2n) is 11.3. The molecular formula is C29H35BrClN5O4. The van der Waals surface area contributed by atoms with Gasteiger partial charge in [-0.25, -0.2) is 4.79 Å². The molecule has 4 N–H and O–H groups in total. The van der Waals surface area contributed by atoms with E-state index in [0.29, 0.717) is 42.2 Å². The van der Waals surface area contributed by atoms with Gasteiger partial charge in [-0.2, -0.15) is 5.10 Å². The van der Waals surface area contributed by atoms with Crippen LogP contribution in [0, 0.1) is 11.8 Å². The number of amides is 3. The summed E-state index contributed by atoms with van der Waals surface area (Å²) in [6.45, 7) is 6.00. The van der Waals surface area contributed by atoms with Crippen LogP contribution < -0.4 is 16.0 Å². The third-order valence-electron chi connectivity index (χ3n) is 6.92. The summed E-state index contributed by atoms with van der Waals surface area (Å²) in [4.78, 5) is 38.7. The third kappa shape index (κ3) is 8.44. The smallest absolute Gasteiger partial charge is 0.407 e. The van der Waals surface area contributed by atoms with E-state index in [0.717, 1.165) is 28.3 Å². The molecule has 1 aliphatic carbocycles. The first kappa shape index (κ1) is 29.9. The van der Waals surface area contributed by atoms with E-state index >= 15 is 0 Å². The second kappa shape index (κ2) is 13.0. The van der Waals surface area contributed by atoms with Crippen molar-refractivity contribution in [3.63, 3.8) is 0 Å². The van der Waals surface area contributed by atoms with Crippen molar-refractivity contribution in [2.24, 2.45) is 11.8 Å². The van der Waals surface area contributed by atoms with Gasteiger partial charge in [0.05, 0.1) is 5.52 Å². The van der Waals surface area contributed by atoms with Crippen LogP contribution in [0.3, 0.4) is 0 Å². The maximum Gasteiger partial charge on any atom is 0.407 e. The maximum absolute atomic E-state index is 13.4. The number of nitrogens with zero attached hydrogens (tertiary/aromatic N) is 1. The Kier molecular flexibility index (Phi) is 9.73. The number of H-pyrrole nitrogens is 1. The number of fused-ring (bicyclic) bond motifs is 1. The van der Waals surface area contributed by atoms with E-state index < -0.39 is 17.7 Å². The molecule has 0 saturated heterocycles. The van der Waals surface area contributed by atoms with E-state index in [1.54, 1.807) is 18.2 Å². The number of benzene rings is 2. The molecule has 4 rings (SSSR count). The van der Waals surface area contributed by atoms with Crippen LogP contribution in [-0.4, -0.2) is 46.3 Å². The van der Waals surface area contributed by atoms with E-state index in [9.17, 15) is 14.4 Å². The molecule has 11 heteroatoms. The number of hydrogen-bond donors (Lipinski definition) is 4. The van der Waals surface area contributed by atoms with Gasteiger partial charge in [0.1, 0.15) is 11.6 Å². The molecule has 9 nitrogen and oxygen atoms in total. The Morgan fingerprint density at radius 3 is 2.48 bits per heavy atom. The van der Waals surface area contributed by atoms with E-state index in [2.05, 4.69) is 42.1 Å². The van der Waals surface area contributed by atoms with Crippen molar-refractivity contribution in [2.75, 3.05) is 11.9 Å². The standard InChI is InChI=1S/C29H35BrClN5O4/c1-29(2,3)40-28(39)32-16-18-4-8-19(9-5-18)26(37)34-24(14-17-6-10-20(30)11-7-17)27(38)33-21-12-13-22-23(15-21)35-36-25(22)31/h6-7,10-13,15,18-19,24H,4-5,8-9,14,16H2,1-3H3,(H,32,39)(H,33,38)(H,34,37)(H,35,36). The molecule has 1 aliphatic rings. The molecule has 0 radical (unpaired) electrons. The van der Waals surface area contributed by atoms with Crippen molar-refractivity contribution < 1.29 is 19.1 Å². The summed E-state index contributed by atoms with van der Waals surface area (Å²) < 4.78 is 6.24. The number of halogens is 2. The number of hydrogen-bond acceptors (Lipinski definition) is 5. The molecule has 2 aromatic carbocycles.